The molecule has 1 unspecified atom stereocenters. The summed E-state index contributed by atoms with van der Waals surface area (Å²) in [4.78, 5) is 14.8. The Bertz CT molecular complexity index is 903. The van der Waals surface area contributed by atoms with Crippen LogP contribution in [0, 0.1) is 0 Å². The maximum absolute atomic E-state index is 12.3. The van der Waals surface area contributed by atoms with Crippen molar-refractivity contribution in [1.29, 1.82) is 0 Å². The monoisotopic (exact) mass is 380 g/mol. The van der Waals surface area contributed by atoms with E-state index in [1.165, 1.54) is 17.1 Å². The number of carbonyl (C=O) groups is 1. The molecular formula is C21H24N4OS. The van der Waals surface area contributed by atoms with Crippen LogP contribution in [0.2, 0.25) is 0 Å². The highest BCUT2D eigenvalue weighted by Crippen LogP contribution is 2.24. The number of likely N-dealkylation sites (tertiary alicyclic amines) is 1. The van der Waals surface area contributed by atoms with E-state index in [2.05, 4.69) is 57.2 Å². The third kappa shape index (κ3) is 4.28. The Labute approximate surface area is 163 Å². The van der Waals surface area contributed by atoms with Gasteiger partial charge in [0.15, 0.2) is 0 Å². The summed E-state index contributed by atoms with van der Waals surface area (Å²) >= 11 is 1.43. The maximum Gasteiger partial charge on any atom is 0.319 e. The highest BCUT2D eigenvalue weighted by atomic mass is 32.1. The van der Waals surface area contributed by atoms with Gasteiger partial charge >= 0.3 is 6.03 Å². The quantitative estimate of drug-likeness (QED) is 0.693. The minimum atomic E-state index is -0.132. The molecule has 5 nitrogen and oxygen atoms in total. The molecular weight excluding hydrogens is 356 g/mol. The maximum atomic E-state index is 12.3. The van der Waals surface area contributed by atoms with Crippen molar-refractivity contribution in [2.45, 2.75) is 31.8 Å². The van der Waals surface area contributed by atoms with Crippen molar-refractivity contribution in [3.8, 4) is 0 Å². The standard InChI is InChI=1S/C21H24N4OS/c1-15(16-5-3-2-4-6-16)25-11-9-18(10-12-25)22-21(26)23-19-7-8-20-17(13-19)14-27-24-20/h2-8,13-15,18H,9-12H2,1H3,(H2,22,23,26). The lowest BCUT2D eigenvalue weighted by atomic mass is 10.0. The van der Waals surface area contributed by atoms with Crippen LogP contribution >= 0.6 is 11.5 Å². The van der Waals surface area contributed by atoms with Crippen molar-refractivity contribution in [3.05, 3.63) is 59.5 Å². The zero-order chi connectivity index (χ0) is 18.6. The van der Waals surface area contributed by atoms with Crippen LogP contribution in [0.4, 0.5) is 10.5 Å². The lowest BCUT2D eigenvalue weighted by Crippen LogP contribution is -2.46. The van der Waals surface area contributed by atoms with Crippen molar-refractivity contribution in [2.75, 3.05) is 18.4 Å². The second-order valence-electron chi connectivity index (χ2n) is 7.08. The van der Waals surface area contributed by atoms with Crippen LogP contribution in [-0.2, 0) is 0 Å². The normalized spacial score (nSPS) is 16.9. The fourth-order valence-electron chi connectivity index (χ4n) is 3.68. The van der Waals surface area contributed by atoms with Crippen molar-refractivity contribution < 1.29 is 4.79 Å². The fourth-order valence-corrected chi connectivity index (χ4v) is 4.31. The van der Waals surface area contributed by atoms with Crippen molar-refractivity contribution in [3.63, 3.8) is 0 Å². The van der Waals surface area contributed by atoms with Gasteiger partial charge in [-0.2, -0.15) is 4.37 Å². The van der Waals surface area contributed by atoms with E-state index in [4.69, 9.17) is 0 Å². The van der Waals surface area contributed by atoms with Gasteiger partial charge in [-0.1, -0.05) is 30.3 Å². The van der Waals surface area contributed by atoms with E-state index >= 15 is 0 Å². The number of hydrogen-bond donors (Lipinski definition) is 2. The Morgan fingerprint density at radius 1 is 1.19 bits per heavy atom. The molecule has 0 spiro atoms. The molecule has 2 amide bonds. The molecule has 3 aromatic rings. The summed E-state index contributed by atoms with van der Waals surface area (Å²) in [6.07, 6.45) is 1.94. The highest BCUT2D eigenvalue weighted by Gasteiger charge is 2.24. The molecule has 1 fully saturated rings. The molecule has 2 aromatic carbocycles. The molecule has 27 heavy (non-hydrogen) atoms. The van der Waals surface area contributed by atoms with E-state index in [0.29, 0.717) is 6.04 Å². The van der Waals surface area contributed by atoms with Crippen LogP contribution in [0.3, 0.4) is 0 Å². The SMILES string of the molecule is CC(c1ccccc1)N1CCC(NC(=O)Nc2ccc3nscc3c2)CC1. The number of fused-ring (bicyclic) bond motifs is 1. The van der Waals surface area contributed by atoms with Gasteiger partial charge in [0.1, 0.15) is 0 Å². The number of aromatic nitrogens is 1. The summed E-state index contributed by atoms with van der Waals surface area (Å²) in [6.45, 7) is 4.24. The summed E-state index contributed by atoms with van der Waals surface area (Å²) < 4.78 is 4.28. The van der Waals surface area contributed by atoms with Crippen LogP contribution in [0.5, 0.6) is 0 Å². The highest BCUT2D eigenvalue weighted by molar-refractivity contribution is 7.04. The van der Waals surface area contributed by atoms with Crippen LogP contribution in [0.25, 0.3) is 10.9 Å². The molecule has 1 aliphatic heterocycles. The van der Waals surface area contributed by atoms with Gasteiger partial charge in [0.05, 0.1) is 5.52 Å². The number of nitrogens with one attached hydrogen (secondary N) is 2. The van der Waals surface area contributed by atoms with Gasteiger partial charge in [-0.15, -0.1) is 0 Å². The van der Waals surface area contributed by atoms with E-state index in [-0.39, 0.29) is 12.1 Å². The Morgan fingerprint density at radius 2 is 1.96 bits per heavy atom. The van der Waals surface area contributed by atoms with Gasteiger partial charge in [-0.3, -0.25) is 4.90 Å². The van der Waals surface area contributed by atoms with Gasteiger partial charge < -0.3 is 10.6 Å². The van der Waals surface area contributed by atoms with Gasteiger partial charge in [-0.05, 0) is 55.1 Å². The number of amides is 2. The lowest BCUT2D eigenvalue weighted by molar-refractivity contribution is 0.154. The summed E-state index contributed by atoms with van der Waals surface area (Å²) in [7, 11) is 0. The Morgan fingerprint density at radius 3 is 2.74 bits per heavy atom. The molecule has 1 saturated heterocycles. The van der Waals surface area contributed by atoms with E-state index in [9.17, 15) is 4.79 Å². The number of carbonyl (C=O) groups excluding carboxylic acids is 1. The average molecular weight is 381 g/mol. The Hall–Kier alpha value is -2.44. The first-order chi connectivity index (χ1) is 13.2. The van der Waals surface area contributed by atoms with Crippen molar-refractivity contribution in [2.24, 2.45) is 0 Å². The summed E-state index contributed by atoms with van der Waals surface area (Å²) in [5.74, 6) is 0. The third-order valence-corrected chi connectivity index (χ3v) is 5.97. The number of anilines is 1. The number of urea groups is 1. The predicted octanol–water partition coefficient (Wildman–Crippen LogP) is 4.64. The van der Waals surface area contributed by atoms with Gasteiger partial charge in [0.2, 0.25) is 0 Å². The lowest BCUT2D eigenvalue weighted by Gasteiger charge is -2.36. The zero-order valence-electron chi connectivity index (χ0n) is 15.4. The van der Waals surface area contributed by atoms with E-state index < -0.39 is 0 Å². The third-order valence-electron chi connectivity index (χ3n) is 5.31. The number of hydrogen-bond acceptors (Lipinski definition) is 4. The summed E-state index contributed by atoms with van der Waals surface area (Å²) in [6, 6.07) is 16.9. The molecule has 140 valence electrons. The number of piperidine rings is 1. The second-order valence-corrected chi connectivity index (χ2v) is 7.71. The van der Waals surface area contributed by atoms with Gasteiger partial charge in [0, 0.05) is 41.6 Å². The van der Waals surface area contributed by atoms with Crippen molar-refractivity contribution >= 4 is 34.2 Å². The minimum Gasteiger partial charge on any atom is -0.335 e. The molecule has 0 bridgehead atoms. The molecule has 2 heterocycles. The summed E-state index contributed by atoms with van der Waals surface area (Å²) in [5, 5.41) is 9.11. The molecule has 4 rings (SSSR count). The van der Waals surface area contributed by atoms with E-state index in [0.717, 1.165) is 42.5 Å². The molecule has 2 N–H and O–H groups in total. The van der Waals surface area contributed by atoms with Crippen molar-refractivity contribution in [1.82, 2.24) is 14.6 Å². The molecule has 0 saturated carbocycles. The van der Waals surface area contributed by atoms with Crippen LogP contribution in [0.1, 0.15) is 31.4 Å². The van der Waals surface area contributed by atoms with Crippen LogP contribution in [0.15, 0.2) is 53.9 Å². The Kier molecular flexibility index (Phi) is 5.36. The van der Waals surface area contributed by atoms with E-state index in [1.54, 1.807) is 0 Å². The fraction of sp³-hybridized carbons (Fsp3) is 0.333. The molecule has 0 aliphatic carbocycles. The Balaban J connectivity index is 1.28. The first-order valence-corrected chi connectivity index (χ1v) is 10.2. The van der Waals surface area contributed by atoms with Gasteiger partial charge in [0.25, 0.3) is 0 Å². The molecule has 1 atom stereocenters. The van der Waals surface area contributed by atoms with Crippen LogP contribution < -0.4 is 10.6 Å². The smallest absolute Gasteiger partial charge is 0.319 e. The predicted molar refractivity (Wildman–Crippen MR) is 111 cm³/mol. The largest absolute Gasteiger partial charge is 0.335 e. The zero-order valence-corrected chi connectivity index (χ0v) is 16.2. The molecule has 1 aromatic heterocycles. The molecule has 6 heteroatoms. The van der Waals surface area contributed by atoms with E-state index in [1.807, 2.05) is 23.6 Å². The number of rotatable bonds is 4. The first kappa shape index (κ1) is 17.9. The van der Waals surface area contributed by atoms with Crippen LogP contribution in [-0.4, -0.2) is 34.4 Å². The molecule has 1 aliphatic rings. The number of nitrogens with zero attached hydrogens (tertiary/aromatic N) is 2. The summed E-state index contributed by atoms with van der Waals surface area (Å²) in [5.41, 5.74) is 3.11. The number of benzene rings is 2. The first-order valence-electron chi connectivity index (χ1n) is 9.40. The topological polar surface area (TPSA) is 57.3 Å². The second kappa shape index (κ2) is 8.06. The minimum absolute atomic E-state index is 0.132. The average Bonchev–Trinajstić information content (AvgIpc) is 3.16. The van der Waals surface area contributed by atoms with Gasteiger partial charge in [-0.25, -0.2) is 4.79 Å². The molecule has 0 radical (unpaired) electrons.